The van der Waals surface area contributed by atoms with E-state index < -0.39 is 10.0 Å². The number of nitrogens with zero attached hydrogens (tertiary/aromatic N) is 2. The quantitative estimate of drug-likeness (QED) is 0.768. The summed E-state index contributed by atoms with van der Waals surface area (Å²) in [4.78, 5) is 0. The summed E-state index contributed by atoms with van der Waals surface area (Å²) in [5.41, 5.74) is 0.838. The van der Waals surface area contributed by atoms with Gasteiger partial charge in [0.2, 0.25) is 10.0 Å². The number of benzene rings is 1. The second-order valence-electron chi connectivity index (χ2n) is 3.81. The maximum absolute atomic E-state index is 12.0. The highest BCUT2D eigenvalue weighted by Crippen LogP contribution is 2.11. The van der Waals surface area contributed by atoms with Gasteiger partial charge in [-0.2, -0.15) is 4.31 Å². The Kier molecular flexibility index (Phi) is 3.58. The number of rotatable bonds is 3. The van der Waals surface area contributed by atoms with Crippen molar-refractivity contribution in [3.8, 4) is 0 Å². The van der Waals surface area contributed by atoms with Crippen molar-refractivity contribution in [3.05, 3.63) is 35.9 Å². The van der Waals surface area contributed by atoms with Gasteiger partial charge in [0, 0.05) is 26.2 Å². The first-order chi connectivity index (χ1) is 7.68. The first-order valence-corrected chi connectivity index (χ1v) is 6.94. The summed E-state index contributed by atoms with van der Waals surface area (Å²) < 4.78 is 25.6. The Bertz CT molecular complexity index is 425. The number of hydrogen-bond donors (Lipinski definition) is 0. The van der Waals surface area contributed by atoms with E-state index >= 15 is 0 Å². The topological polar surface area (TPSA) is 51.5 Å². The van der Waals surface area contributed by atoms with Gasteiger partial charge in [-0.05, 0) is 5.56 Å². The van der Waals surface area contributed by atoms with Crippen LogP contribution in [0.2, 0.25) is 0 Å². The van der Waals surface area contributed by atoms with Crippen LogP contribution in [0.25, 0.3) is 0 Å². The van der Waals surface area contributed by atoms with Gasteiger partial charge < -0.3 is 0 Å². The predicted octanol–water partition coefficient (Wildman–Crippen LogP) is 0.436. The highest BCUT2D eigenvalue weighted by Gasteiger charge is 2.24. The molecule has 1 aliphatic rings. The van der Waals surface area contributed by atoms with E-state index in [1.54, 1.807) is 0 Å². The molecule has 0 atom stereocenters. The maximum Gasteiger partial charge on any atom is 0.218 e. The highest BCUT2D eigenvalue weighted by atomic mass is 32.2. The van der Waals surface area contributed by atoms with Gasteiger partial charge in [0.15, 0.2) is 0 Å². The molecule has 0 aliphatic carbocycles. The van der Waals surface area contributed by atoms with E-state index in [-0.39, 0.29) is 5.75 Å². The molecule has 1 aromatic rings. The van der Waals surface area contributed by atoms with Crippen molar-refractivity contribution in [3.63, 3.8) is 0 Å². The van der Waals surface area contributed by atoms with Gasteiger partial charge in [0.25, 0.3) is 0 Å². The summed E-state index contributed by atoms with van der Waals surface area (Å²) >= 11 is 0. The van der Waals surface area contributed by atoms with E-state index in [9.17, 15) is 8.42 Å². The average Bonchev–Trinajstić information content (AvgIpc) is 2.31. The van der Waals surface area contributed by atoms with E-state index in [4.69, 9.17) is 0 Å². The van der Waals surface area contributed by atoms with Crippen LogP contribution in [-0.2, 0) is 15.8 Å². The number of hydrogen-bond acceptors (Lipinski definition) is 2. The van der Waals surface area contributed by atoms with Gasteiger partial charge >= 0.3 is 0 Å². The molecule has 1 radical (unpaired) electrons. The lowest BCUT2D eigenvalue weighted by Gasteiger charge is -2.25. The summed E-state index contributed by atoms with van der Waals surface area (Å²) in [7, 11) is -3.16. The summed E-state index contributed by atoms with van der Waals surface area (Å²) in [6.45, 7) is 2.28. The molecule has 0 bridgehead atoms. The van der Waals surface area contributed by atoms with Crippen LogP contribution in [0.15, 0.2) is 30.3 Å². The second kappa shape index (κ2) is 4.95. The van der Waals surface area contributed by atoms with Gasteiger partial charge in [0.1, 0.15) is 0 Å². The SMILES string of the molecule is O=S(=O)(Cc1ccccc1)N1CC[N]CC1. The molecule has 0 aromatic heterocycles. The minimum atomic E-state index is -3.16. The third kappa shape index (κ3) is 2.81. The minimum Gasteiger partial charge on any atom is -0.239 e. The fourth-order valence-electron chi connectivity index (χ4n) is 1.74. The molecule has 1 aliphatic heterocycles. The molecule has 0 amide bonds. The summed E-state index contributed by atoms with van der Waals surface area (Å²) in [5, 5.41) is 4.14. The summed E-state index contributed by atoms with van der Waals surface area (Å²) in [5.74, 6) is 0.0911. The smallest absolute Gasteiger partial charge is 0.218 e. The van der Waals surface area contributed by atoms with Gasteiger partial charge in [-0.1, -0.05) is 30.3 Å². The van der Waals surface area contributed by atoms with Crippen LogP contribution in [0.3, 0.4) is 0 Å². The van der Waals surface area contributed by atoms with Crippen LogP contribution in [0.1, 0.15) is 5.56 Å². The van der Waals surface area contributed by atoms with E-state index in [2.05, 4.69) is 5.32 Å². The molecular formula is C11H15N2O2S. The van der Waals surface area contributed by atoms with Crippen LogP contribution in [-0.4, -0.2) is 38.9 Å². The van der Waals surface area contributed by atoms with Crippen LogP contribution < -0.4 is 5.32 Å². The Morgan fingerprint density at radius 2 is 1.75 bits per heavy atom. The van der Waals surface area contributed by atoms with Crippen molar-refractivity contribution in [2.24, 2.45) is 0 Å². The fraction of sp³-hybridized carbons (Fsp3) is 0.455. The molecule has 87 valence electrons. The number of sulfonamides is 1. The lowest BCUT2D eigenvalue weighted by molar-refractivity contribution is 0.356. The van der Waals surface area contributed by atoms with Crippen LogP contribution in [0.4, 0.5) is 0 Å². The molecule has 1 aromatic carbocycles. The van der Waals surface area contributed by atoms with Crippen LogP contribution in [0.5, 0.6) is 0 Å². The van der Waals surface area contributed by atoms with Gasteiger partial charge in [-0.15, -0.1) is 0 Å². The standard InChI is InChI=1S/C11H15N2O2S/c14-16(15,13-8-6-12-7-9-13)10-11-4-2-1-3-5-11/h1-5H,6-10H2. The third-order valence-electron chi connectivity index (χ3n) is 2.60. The van der Waals surface area contributed by atoms with E-state index in [1.807, 2.05) is 30.3 Å². The maximum atomic E-state index is 12.0. The fourth-order valence-corrected chi connectivity index (χ4v) is 3.26. The molecule has 0 N–H and O–H groups in total. The summed E-state index contributed by atoms with van der Waals surface area (Å²) in [6, 6.07) is 9.28. The Morgan fingerprint density at radius 1 is 1.12 bits per heavy atom. The molecule has 5 heteroatoms. The monoisotopic (exact) mass is 239 g/mol. The molecular weight excluding hydrogens is 224 g/mol. The number of piperazine rings is 1. The Balaban J connectivity index is 2.08. The normalized spacial score (nSPS) is 18.5. The molecule has 1 fully saturated rings. The molecule has 1 heterocycles. The predicted molar refractivity (Wildman–Crippen MR) is 62.5 cm³/mol. The zero-order valence-electron chi connectivity index (χ0n) is 9.04. The van der Waals surface area contributed by atoms with Crippen molar-refractivity contribution in [2.45, 2.75) is 5.75 Å². The Labute approximate surface area is 96.3 Å². The summed E-state index contributed by atoms with van der Waals surface area (Å²) in [6.07, 6.45) is 0. The highest BCUT2D eigenvalue weighted by molar-refractivity contribution is 7.88. The van der Waals surface area contributed by atoms with Gasteiger partial charge in [0.05, 0.1) is 5.75 Å². The van der Waals surface area contributed by atoms with E-state index in [1.165, 1.54) is 4.31 Å². The van der Waals surface area contributed by atoms with E-state index in [0.717, 1.165) is 5.56 Å². The molecule has 0 saturated carbocycles. The molecule has 4 nitrogen and oxygen atoms in total. The second-order valence-corrected chi connectivity index (χ2v) is 5.78. The van der Waals surface area contributed by atoms with Gasteiger partial charge in [-0.25, -0.2) is 13.7 Å². The van der Waals surface area contributed by atoms with Crippen molar-refractivity contribution < 1.29 is 8.42 Å². The molecule has 0 unspecified atom stereocenters. The average molecular weight is 239 g/mol. The lowest BCUT2D eigenvalue weighted by Crippen LogP contribution is -2.44. The lowest BCUT2D eigenvalue weighted by atomic mass is 10.2. The minimum absolute atomic E-state index is 0.0911. The zero-order valence-corrected chi connectivity index (χ0v) is 9.86. The van der Waals surface area contributed by atoms with E-state index in [0.29, 0.717) is 26.2 Å². The molecule has 1 saturated heterocycles. The third-order valence-corrected chi connectivity index (χ3v) is 4.45. The van der Waals surface area contributed by atoms with Crippen molar-refractivity contribution in [1.82, 2.24) is 9.62 Å². The molecule has 2 rings (SSSR count). The first-order valence-electron chi connectivity index (χ1n) is 5.33. The first kappa shape index (κ1) is 11.6. The molecule has 0 spiro atoms. The molecule has 16 heavy (non-hydrogen) atoms. The zero-order chi connectivity index (χ0) is 11.4. The Hall–Kier alpha value is -0.910. The van der Waals surface area contributed by atoms with Crippen molar-refractivity contribution in [2.75, 3.05) is 26.2 Å². The van der Waals surface area contributed by atoms with Crippen molar-refractivity contribution in [1.29, 1.82) is 0 Å². The Morgan fingerprint density at radius 3 is 2.38 bits per heavy atom. The van der Waals surface area contributed by atoms with Crippen LogP contribution in [0, 0.1) is 0 Å². The largest absolute Gasteiger partial charge is 0.239 e. The van der Waals surface area contributed by atoms with Crippen molar-refractivity contribution >= 4 is 10.0 Å². The van der Waals surface area contributed by atoms with Gasteiger partial charge in [-0.3, -0.25) is 0 Å². The van der Waals surface area contributed by atoms with Crippen LogP contribution >= 0.6 is 0 Å².